The Morgan fingerprint density at radius 3 is 2.62 bits per heavy atom. The molecule has 2 aliphatic heterocycles. The molecule has 0 aromatic heterocycles. The zero-order valence-electron chi connectivity index (χ0n) is 11.8. The van der Waals surface area contributed by atoms with Gasteiger partial charge in [0.25, 0.3) is 0 Å². The number of ether oxygens (including phenoxy) is 4. The quantitative estimate of drug-likeness (QED) is 0.782. The van der Waals surface area contributed by atoms with Crippen LogP contribution >= 0.6 is 0 Å². The Balaban J connectivity index is 1.56. The Labute approximate surface area is 121 Å². The van der Waals surface area contributed by atoms with Gasteiger partial charge in [0, 0.05) is 0 Å². The molecule has 6 nitrogen and oxygen atoms in total. The lowest BCUT2D eigenvalue weighted by atomic mass is 10.2. The van der Waals surface area contributed by atoms with E-state index in [1.807, 2.05) is 0 Å². The van der Waals surface area contributed by atoms with E-state index in [1.165, 1.54) is 0 Å². The molecule has 21 heavy (non-hydrogen) atoms. The number of ketones is 1. The maximum absolute atomic E-state index is 12.1. The summed E-state index contributed by atoms with van der Waals surface area (Å²) >= 11 is 0. The number of esters is 1. The Morgan fingerprint density at radius 2 is 1.95 bits per heavy atom. The molecule has 1 aromatic rings. The van der Waals surface area contributed by atoms with Crippen LogP contribution in [0.15, 0.2) is 30.3 Å². The first-order valence-electron chi connectivity index (χ1n) is 6.73. The third-order valence-corrected chi connectivity index (χ3v) is 3.33. The summed E-state index contributed by atoms with van der Waals surface area (Å²) in [6, 6.07) is 8.56. The van der Waals surface area contributed by atoms with Crippen molar-refractivity contribution >= 4 is 11.8 Å². The van der Waals surface area contributed by atoms with Gasteiger partial charge in [0.15, 0.2) is 30.1 Å². The maximum Gasteiger partial charge on any atom is 0.338 e. The second kappa shape index (κ2) is 5.22. The molecule has 0 amide bonds. The number of carbonyl (C=O) groups is 2. The SMILES string of the molecule is CC1(C)O[C@H]2O[C@H](COC(=O)c3ccccc3)C(=O)[C@@H]2O1. The van der Waals surface area contributed by atoms with Crippen LogP contribution in [0.25, 0.3) is 0 Å². The van der Waals surface area contributed by atoms with Crippen LogP contribution in [0.4, 0.5) is 0 Å². The average Bonchev–Trinajstić information content (AvgIpc) is 2.91. The van der Waals surface area contributed by atoms with Crippen molar-refractivity contribution in [1.29, 1.82) is 0 Å². The topological polar surface area (TPSA) is 71.1 Å². The van der Waals surface area contributed by atoms with Gasteiger partial charge < -0.3 is 18.9 Å². The van der Waals surface area contributed by atoms with Crippen LogP contribution in [0.1, 0.15) is 24.2 Å². The Morgan fingerprint density at radius 1 is 1.24 bits per heavy atom. The fourth-order valence-corrected chi connectivity index (χ4v) is 2.36. The van der Waals surface area contributed by atoms with Crippen LogP contribution in [0.3, 0.4) is 0 Å². The van der Waals surface area contributed by atoms with Gasteiger partial charge in [0.2, 0.25) is 0 Å². The molecule has 2 heterocycles. The number of benzene rings is 1. The second-order valence-electron chi connectivity index (χ2n) is 5.42. The van der Waals surface area contributed by atoms with E-state index < -0.39 is 30.3 Å². The lowest BCUT2D eigenvalue weighted by Gasteiger charge is -2.19. The second-order valence-corrected chi connectivity index (χ2v) is 5.42. The van der Waals surface area contributed by atoms with Crippen molar-refractivity contribution in [3.8, 4) is 0 Å². The standard InChI is InChI=1S/C15H16O6/c1-15(2)20-12-11(16)10(19-14(12)21-15)8-18-13(17)9-6-4-3-5-7-9/h3-7,10,12,14H,8H2,1-2H3/t10-,12+,14-/m1/s1. The molecule has 2 saturated heterocycles. The van der Waals surface area contributed by atoms with Gasteiger partial charge in [-0.3, -0.25) is 4.79 Å². The van der Waals surface area contributed by atoms with E-state index in [2.05, 4.69) is 0 Å². The predicted octanol–water partition coefficient (Wildman–Crippen LogP) is 1.29. The molecule has 2 fully saturated rings. The minimum Gasteiger partial charge on any atom is -0.459 e. The van der Waals surface area contributed by atoms with Gasteiger partial charge in [0.1, 0.15) is 6.61 Å². The third kappa shape index (κ3) is 2.83. The molecule has 0 bridgehead atoms. The highest BCUT2D eigenvalue weighted by Gasteiger charge is 2.54. The summed E-state index contributed by atoms with van der Waals surface area (Å²) in [5, 5.41) is 0. The van der Waals surface area contributed by atoms with E-state index >= 15 is 0 Å². The van der Waals surface area contributed by atoms with Gasteiger partial charge in [-0.05, 0) is 26.0 Å². The smallest absolute Gasteiger partial charge is 0.338 e. The highest BCUT2D eigenvalue weighted by molar-refractivity contribution is 5.92. The predicted molar refractivity (Wildman–Crippen MR) is 70.4 cm³/mol. The Kier molecular flexibility index (Phi) is 3.52. The van der Waals surface area contributed by atoms with Gasteiger partial charge in [-0.15, -0.1) is 0 Å². The van der Waals surface area contributed by atoms with Crippen molar-refractivity contribution in [2.24, 2.45) is 0 Å². The lowest BCUT2D eigenvalue weighted by Crippen LogP contribution is -2.33. The van der Waals surface area contributed by atoms with Crippen molar-refractivity contribution in [1.82, 2.24) is 0 Å². The maximum atomic E-state index is 12.1. The number of fused-ring (bicyclic) bond motifs is 1. The molecular formula is C15H16O6. The zero-order valence-corrected chi connectivity index (χ0v) is 11.8. The minimum absolute atomic E-state index is 0.146. The fourth-order valence-electron chi connectivity index (χ4n) is 2.36. The molecule has 0 aliphatic carbocycles. The Hall–Kier alpha value is -1.76. The molecule has 0 unspecified atom stereocenters. The summed E-state index contributed by atoms with van der Waals surface area (Å²) in [7, 11) is 0. The molecule has 3 rings (SSSR count). The molecular weight excluding hydrogens is 276 g/mol. The van der Waals surface area contributed by atoms with Crippen molar-refractivity contribution in [3.05, 3.63) is 35.9 Å². The summed E-state index contributed by atoms with van der Waals surface area (Å²) in [4.78, 5) is 23.9. The van der Waals surface area contributed by atoms with Gasteiger partial charge in [0.05, 0.1) is 5.56 Å². The largest absolute Gasteiger partial charge is 0.459 e. The summed E-state index contributed by atoms with van der Waals surface area (Å²) in [6.45, 7) is 3.28. The van der Waals surface area contributed by atoms with E-state index in [0.29, 0.717) is 5.56 Å². The fraction of sp³-hybridized carbons (Fsp3) is 0.467. The summed E-state index contributed by atoms with van der Waals surface area (Å²) in [6.07, 6.45) is -2.32. The van der Waals surface area contributed by atoms with Crippen LogP contribution in [0, 0.1) is 0 Å². The zero-order chi connectivity index (χ0) is 15.0. The molecule has 3 atom stereocenters. The summed E-state index contributed by atoms with van der Waals surface area (Å²) < 4.78 is 21.5. The van der Waals surface area contributed by atoms with Crippen molar-refractivity contribution in [2.75, 3.05) is 6.61 Å². The molecule has 6 heteroatoms. The number of hydrogen-bond donors (Lipinski definition) is 0. The average molecular weight is 292 g/mol. The van der Waals surface area contributed by atoms with Crippen LogP contribution in [0.5, 0.6) is 0 Å². The molecule has 112 valence electrons. The number of carbonyl (C=O) groups excluding carboxylic acids is 2. The normalized spacial score (nSPS) is 30.2. The van der Waals surface area contributed by atoms with Crippen molar-refractivity contribution in [2.45, 2.75) is 38.1 Å². The first kappa shape index (κ1) is 14.2. The number of rotatable bonds is 3. The molecule has 1 aromatic carbocycles. The minimum atomic E-state index is -0.844. The van der Waals surface area contributed by atoms with Crippen LogP contribution in [-0.2, 0) is 23.7 Å². The highest BCUT2D eigenvalue weighted by Crippen LogP contribution is 2.35. The lowest BCUT2D eigenvalue weighted by molar-refractivity contribution is -0.207. The number of Topliss-reactive ketones (excluding diaryl/α,β-unsaturated/α-hetero) is 1. The number of hydrogen-bond acceptors (Lipinski definition) is 6. The van der Waals surface area contributed by atoms with Crippen molar-refractivity contribution < 1.29 is 28.5 Å². The van der Waals surface area contributed by atoms with Gasteiger partial charge >= 0.3 is 5.97 Å². The molecule has 0 radical (unpaired) electrons. The van der Waals surface area contributed by atoms with Crippen LogP contribution in [0.2, 0.25) is 0 Å². The van der Waals surface area contributed by atoms with E-state index in [9.17, 15) is 9.59 Å². The molecule has 0 spiro atoms. The molecule has 0 N–H and O–H groups in total. The highest BCUT2D eigenvalue weighted by atomic mass is 16.8. The van der Waals surface area contributed by atoms with Crippen LogP contribution in [-0.4, -0.2) is 42.6 Å². The van der Waals surface area contributed by atoms with Gasteiger partial charge in [-0.2, -0.15) is 0 Å². The Bertz CT molecular complexity index is 553. The van der Waals surface area contributed by atoms with Gasteiger partial charge in [-0.1, -0.05) is 18.2 Å². The van der Waals surface area contributed by atoms with Crippen molar-refractivity contribution in [3.63, 3.8) is 0 Å². The summed E-state index contributed by atoms with van der Waals surface area (Å²) in [5.74, 6) is -1.59. The monoisotopic (exact) mass is 292 g/mol. The third-order valence-electron chi connectivity index (χ3n) is 3.33. The first-order valence-corrected chi connectivity index (χ1v) is 6.73. The van der Waals surface area contributed by atoms with E-state index in [1.54, 1.807) is 44.2 Å². The molecule has 2 aliphatic rings. The summed E-state index contributed by atoms with van der Waals surface area (Å²) in [5.41, 5.74) is 0.428. The van der Waals surface area contributed by atoms with Crippen LogP contribution < -0.4 is 0 Å². The van der Waals surface area contributed by atoms with E-state index in [4.69, 9.17) is 18.9 Å². The van der Waals surface area contributed by atoms with E-state index in [-0.39, 0.29) is 12.4 Å². The van der Waals surface area contributed by atoms with Gasteiger partial charge in [-0.25, -0.2) is 4.79 Å². The molecule has 0 saturated carbocycles. The first-order chi connectivity index (χ1) is 9.96. The van der Waals surface area contributed by atoms with E-state index in [0.717, 1.165) is 0 Å².